The first-order valence-corrected chi connectivity index (χ1v) is 11.3. The molecule has 0 spiro atoms. The number of nitriles is 1. The Balaban J connectivity index is 1.69. The average molecular weight is 517 g/mol. The van der Waals surface area contributed by atoms with E-state index in [2.05, 4.69) is 15.0 Å². The van der Waals surface area contributed by atoms with Crippen LogP contribution in [-0.4, -0.2) is 19.5 Å². The van der Waals surface area contributed by atoms with Gasteiger partial charge in [0.05, 0.1) is 51.7 Å². The van der Waals surface area contributed by atoms with Crippen molar-refractivity contribution in [2.75, 3.05) is 0 Å². The molecule has 182 valence electrons. The second-order valence-electron chi connectivity index (χ2n) is 7.97. The average Bonchev–Trinajstić information content (AvgIpc) is 3.55. The molecule has 2 aromatic heterocycles. The summed E-state index contributed by atoms with van der Waals surface area (Å²) >= 11 is 0. The van der Waals surface area contributed by atoms with Gasteiger partial charge >= 0.3 is 0 Å². The second kappa shape index (κ2) is 9.37. The van der Waals surface area contributed by atoms with Crippen molar-refractivity contribution in [1.82, 2.24) is 19.5 Å². The summed E-state index contributed by atoms with van der Waals surface area (Å²) < 4.78 is 146. The summed E-state index contributed by atoms with van der Waals surface area (Å²) in [6.07, 6.45) is 0. The number of fused-ring (bicyclic) bond motifs is 3. The normalized spacial score (nSPS) is 17.2. The first kappa shape index (κ1) is 11.0. The van der Waals surface area contributed by atoms with E-state index < -0.39 is 131 Å². The molecule has 7 aromatic rings. The molecule has 0 atom stereocenters. The van der Waals surface area contributed by atoms with Crippen LogP contribution in [0.3, 0.4) is 0 Å². The molecule has 0 fully saturated rings. The van der Waals surface area contributed by atoms with Gasteiger partial charge in [-0.3, -0.25) is 0 Å². The summed E-state index contributed by atoms with van der Waals surface area (Å²) in [5.74, 6) is -1.50. The Morgan fingerprint density at radius 3 is 1.90 bits per heavy atom. The van der Waals surface area contributed by atoms with E-state index in [1.54, 1.807) is 6.07 Å². The molecule has 0 saturated heterocycles. The van der Waals surface area contributed by atoms with Crippen LogP contribution < -0.4 is 0 Å². The van der Waals surface area contributed by atoms with Gasteiger partial charge in [0.25, 0.3) is 0 Å². The molecule has 0 aliphatic carbocycles. The minimum absolute atomic E-state index is 0.0280. The number of aromatic nitrogens is 4. The standard InChI is InChI=1S/C34H21N5/c35-22-23-19-20-31-28(21-23)26-15-7-9-17-29(26)39(31)30-18-10-8-16-27(30)34-37-32(24-11-3-1-4-12-24)36-33(38-34)25-13-5-2-6-14-25/h1-21H/i1D,2D,3D,4D,5D,6D,7D,9D,11D,12D,13D,14D,15D,17D,19D,20D,21D. The third kappa shape index (κ3) is 3.92. The Morgan fingerprint density at radius 1 is 0.615 bits per heavy atom. The molecule has 0 aliphatic rings. The predicted molar refractivity (Wildman–Crippen MR) is 155 cm³/mol. The van der Waals surface area contributed by atoms with Crippen molar-refractivity contribution in [3.05, 3.63) is 133 Å². The smallest absolute Gasteiger partial charge is 0.166 e. The van der Waals surface area contributed by atoms with Crippen molar-refractivity contribution in [2.45, 2.75) is 0 Å². The van der Waals surface area contributed by atoms with Crippen LogP contribution in [-0.2, 0) is 0 Å². The quantitative estimate of drug-likeness (QED) is 0.239. The highest BCUT2D eigenvalue weighted by atomic mass is 15.1. The van der Waals surface area contributed by atoms with E-state index in [4.69, 9.17) is 23.3 Å². The van der Waals surface area contributed by atoms with Gasteiger partial charge in [-0.25, -0.2) is 15.0 Å². The SMILES string of the molecule is [2H]c1c([2H])c([2H])c(-c2nc(-c3ccccc3-n3c4c([2H])c([2H])c([2H])c([2H])c4c4c([2H])c(C#N)c([2H])c([2H])c43)nc(-c3c([2H])c([2H])c([2H])c([2H])c3[2H])n2)c([2H])c1[2H]. The van der Waals surface area contributed by atoms with Gasteiger partial charge in [0.1, 0.15) is 0 Å². The zero-order chi connectivity index (χ0) is 41.0. The van der Waals surface area contributed by atoms with Crippen molar-refractivity contribution in [3.63, 3.8) is 0 Å². The van der Waals surface area contributed by atoms with Gasteiger partial charge in [0, 0.05) is 27.5 Å². The highest BCUT2D eigenvalue weighted by Gasteiger charge is 2.19. The lowest BCUT2D eigenvalue weighted by Crippen LogP contribution is -2.03. The Kier molecular flexibility index (Phi) is 2.65. The van der Waals surface area contributed by atoms with E-state index in [0.29, 0.717) is 0 Å². The van der Waals surface area contributed by atoms with Gasteiger partial charge < -0.3 is 4.57 Å². The van der Waals surface area contributed by atoms with E-state index in [1.807, 2.05) is 0 Å². The molecule has 0 aliphatic heterocycles. The largest absolute Gasteiger partial charge is 0.309 e. The van der Waals surface area contributed by atoms with Gasteiger partial charge in [-0.2, -0.15) is 5.26 Å². The summed E-state index contributed by atoms with van der Waals surface area (Å²) in [5, 5.41) is 9.38. The third-order valence-electron chi connectivity index (χ3n) is 5.74. The van der Waals surface area contributed by atoms with Crippen LogP contribution in [0.2, 0.25) is 0 Å². The molecule has 2 heterocycles. The lowest BCUT2D eigenvalue weighted by Gasteiger charge is -2.14. The monoisotopic (exact) mass is 516 g/mol. The Hall–Kier alpha value is -5.60. The molecule has 5 nitrogen and oxygen atoms in total. The van der Waals surface area contributed by atoms with Crippen LogP contribution in [0.4, 0.5) is 0 Å². The highest BCUT2D eigenvalue weighted by molar-refractivity contribution is 6.10. The van der Waals surface area contributed by atoms with Gasteiger partial charge in [0.15, 0.2) is 17.5 Å². The second-order valence-corrected chi connectivity index (χ2v) is 7.97. The molecular formula is C34H21N5. The highest BCUT2D eigenvalue weighted by Crippen LogP contribution is 2.36. The summed E-state index contributed by atoms with van der Waals surface area (Å²) in [7, 11) is 0. The molecule has 39 heavy (non-hydrogen) atoms. The fourth-order valence-corrected chi connectivity index (χ4v) is 4.11. The molecule has 0 N–H and O–H groups in total. The molecule has 0 bridgehead atoms. The molecule has 0 saturated carbocycles. The molecule has 7 rings (SSSR count). The maximum atomic E-state index is 9.84. The molecule has 5 heteroatoms. The van der Waals surface area contributed by atoms with E-state index in [1.165, 1.54) is 28.8 Å². The molecule has 0 radical (unpaired) electrons. The van der Waals surface area contributed by atoms with Crippen molar-refractivity contribution in [3.8, 4) is 45.9 Å². The number of hydrogen-bond acceptors (Lipinski definition) is 4. The topological polar surface area (TPSA) is 67.4 Å². The summed E-state index contributed by atoms with van der Waals surface area (Å²) in [5.41, 5.74) is -2.12. The fraction of sp³-hybridized carbons (Fsp3) is 0. The van der Waals surface area contributed by atoms with Gasteiger partial charge in [-0.1, -0.05) is 90.7 Å². The Morgan fingerprint density at radius 2 is 1.21 bits per heavy atom. The van der Waals surface area contributed by atoms with Crippen molar-refractivity contribution < 1.29 is 23.3 Å². The van der Waals surface area contributed by atoms with Crippen LogP contribution in [0.25, 0.3) is 61.7 Å². The van der Waals surface area contributed by atoms with Crippen molar-refractivity contribution >= 4 is 21.8 Å². The van der Waals surface area contributed by atoms with Crippen molar-refractivity contribution in [1.29, 1.82) is 5.26 Å². The lowest BCUT2D eigenvalue weighted by atomic mass is 10.1. The van der Waals surface area contributed by atoms with Gasteiger partial charge in [-0.05, 0) is 36.3 Å². The summed E-state index contributed by atoms with van der Waals surface area (Å²) in [4.78, 5) is 13.2. The zero-order valence-corrected chi connectivity index (χ0v) is 19.5. The number of benzene rings is 5. The van der Waals surface area contributed by atoms with E-state index in [-0.39, 0.29) is 38.9 Å². The number of nitrogens with zero attached hydrogens (tertiary/aromatic N) is 5. The van der Waals surface area contributed by atoms with Gasteiger partial charge in [-0.15, -0.1) is 0 Å². The fourth-order valence-electron chi connectivity index (χ4n) is 4.11. The van der Waals surface area contributed by atoms with E-state index in [0.717, 1.165) is 0 Å². The molecule has 5 aromatic carbocycles. The Bertz CT molecular complexity index is 2830. The van der Waals surface area contributed by atoms with Crippen LogP contribution in [0.5, 0.6) is 0 Å². The molecular weight excluding hydrogens is 478 g/mol. The van der Waals surface area contributed by atoms with Crippen LogP contribution in [0.15, 0.2) is 127 Å². The van der Waals surface area contributed by atoms with Crippen molar-refractivity contribution in [2.24, 2.45) is 0 Å². The maximum Gasteiger partial charge on any atom is 0.166 e. The molecule has 0 amide bonds. The zero-order valence-electron chi connectivity index (χ0n) is 36.5. The third-order valence-corrected chi connectivity index (χ3v) is 5.74. The molecule has 0 unspecified atom stereocenters. The van der Waals surface area contributed by atoms with E-state index in [9.17, 15) is 5.26 Å². The van der Waals surface area contributed by atoms with Crippen LogP contribution in [0.1, 0.15) is 28.9 Å². The first-order valence-electron chi connectivity index (χ1n) is 19.8. The van der Waals surface area contributed by atoms with Crippen LogP contribution >= 0.6 is 0 Å². The minimum Gasteiger partial charge on any atom is -0.309 e. The lowest BCUT2D eigenvalue weighted by molar-refractivity contribution is 1.06. The number of rotatable bonds is 4. The minimum atomic E-state index is -0.746. The summed E-state index contributed by atoms with van der Waals surface area (Å²) in [6, 6.07) is -4.15. The maximum absolute atomic E-state index is 9.84. The van der Waals surface area contributed by atoms with Crippen LogP contribution in [0, 0.1) is 11.3 Å². The Labute approximate surface area is 249 Å². The number of para-hydroxylation sites is 2. The summed E-state index contributed by atoms with van der Waals surface area (Å²) in [6.45, 7) is 0. The van der Waals surface area contributed by atoms with Gasteiger partial charge in [0.2, 0.25) is 0 Å². The number of hydrogen-bond donors (Lipinski definition) is 0. The first-order chi connectivity index (χ1) is 26.4. The predicted octanol–water partition coefficient (Wildman–Crippen LogP) is 7.84. The van der Waals surface area contributed by atoms with E-state index >= 15 is 0 Å².